The lowest BCUT2D eigenvalue weighted by Crippen LogP contribution is -2.23. The zero-order valence-electron chi connectivity index (χ0n) is 11.1. The van der Waals surface area contributed by atoms with Gasteiger partial charge in [0.15, 0.2) is 4.67 Å². The summed E-state index contributed by atoms with van der Waals surface area (Å²) in [4.78, 5) is 0.121. The smallest absolute Gasteiger partial charge is 0.245 e. The van der Waals surface area contributed by atoms with Crippen molar-refractivity contribution in [2.45, 2.75) is 24.9 Å². The van der Waals surface area contributed by atoms with E-state index in [0.29, 0.717) is 12.3 Å². The number of hydrogen-bond donors (Lipinski definition) is 2. The van der Waals surface area contributed by atoms with Gasteiger partial charge in [-0.2, -0.15) is 11.3 Å². The van der Waals surface area contributed by atoms with Gasteiger partial charge in [0.2, 0.25) is 10.0 Å². The second kappa shape index (κ2) is 6.40. The standard InChI is InChI=1S/C12H15BrN2O3S2/c1-8-6-19-7-9(8)4-15-20(16,17)11-3-10(5-14-2)18-12(11)13/h3,6-7,14-15H,4-5H2,1-2H3. The highest BCUT2D eigenvalue weighted by molar-refractivity contribution is 9.10. The summed E-state index contributed by atoms with van der Waals surface area (Å²) in [6, 6.07) is 1.52. The Kier molecular flexibility index (Phi) is 5.03. The number of furan rings is 1. The van der Waals surface area contributed by atoms with Crippen molar-refractivity contribution in [2.24, 2.45) is 0 Å². The van der Waals surface area contributed by atoms with Gasteiger partial charge in [-0.3, -0.25) is 0 Å². The fourth-order valence-electron chi connectivity index (χ4n) is 1.66. The molecule has 2 heterocycles. The van der Waals surface area contributed by atoms with Gasteiger partial charge in [0.25, 0.3) is 0 Å². The Balaban J connectivity index is 2.16. The van der Waals surface area contributed by atoms with Gasteiger partial charge >= 0.3 is 0 Å². The quantitative estimate of drug-likeness (QED) is 0.810. The van der Waals surface area contributed by atoms with E-state index < -0.39 is 10.0 Å². The number of hydrogen-bond acceptors (Lipinski definition) is 5. The van der Waals surface area contributed by atoms with Crippen LogP contribution < -0.4 is 10.0 Å². The Labute approximate surface area is 130 Å². The first-order valence-electron chi connectivity index (χ1n) is 5.88. The molecule has 0 unspecified atom stereocenters. The molecule has 0 fully saturated rings. The highest BCUT2D eigenvalue weighted by atomic mass is 79.9. The third-order valence-corrected chi connectivity index (χ3v) is 5.93. The third kappa shape index (κ3) is 3.50. The van der Waals surface area contributed by atoms with Gasteiger partial charge in [0.1, 0.15) is 10.7 Å². The van der Waals surface area contributed by atoms with Crippen molar-refractivity contribution >= 4 is 37.3 Å². The minimum absolute atomic E-state index is 0.121. The number of sulfonamides is 1. The molecule has 2 aromatic rings. The number of aryl methyl sites for hydroxylation is 1. The zero-order valence-corrected chi connectivity index (χ0v) is 14.3. The van der Waals surface area contributed by atoms with Gasteiger partial charge in [-0.25, -0.2) is 13.1 Å². The van der Waals surface area contributed by atoms with Gasteiger partial charge in [-0.15, -0.1) is 0 Å². The number of rotatable bonds is 6. The van der Waals surface area contributed by atoms with Gasteiger partial charge in [0.05, 0.1) is 6.54 Å². The van der Waals surface area contributed by atoms with Crippen LogP contribution in [0.2, 0.25) is 0 Å². The molecule has 5 nitrogen and oxygen atoms in total. The van der Waals surface area contributed by atoms with E-state index in [4.69, 9.17) is 4.42 Å². The lowest BCUT2D eigenvalue weighted by Gasteiger charge is -2.04. The van der Waals surface area contributed by atoms with E-state index in [1.165, 1.54) is 6.07 Å². The second-order valence-corrected chi connectivity index (χ2v) is 7.48. The van der Waals surface area contributed by atoms with Gasteiger partial charge in [0, 0.05) is 12.6 Å². The van der Waals surface area contributed by atoms with Crippen molar-refractivity contribution in [3.63, 3.8) is 0 Å². The third-order valence-electron chi connectivity index (χ3n) is 2.76. The van der Waals surface area contributed by atoms with Crippen LogP contribution in [0, 0.1) is 6.92 Å². The molecule has 0 aliphatic rings. The monoisotopic (exact) mass is 378 g/mol. The first-order chi connectivity index (χ1) is 9.44. The Bertz CT molecular complexity index is 691. The van der Waals surface area contributed by atoms with E-state index in [2.05, 4.69) is 26.0 Å². The summed E-state index contributed by atoms with van der Waals surface area (Å²) < 4.78 is 32.7. The largest absolute Gasteiger partial charge is 0.452 e. The Morgan fingerprint density at radius 3 is 2.70 bits per heavy atom. The van der Waals surface area contributed by atoms with Crippen LogP contribution in [-0.2, 0) is 23.1 Å². The predicted octanol–water partition coefficient (Wildman–Crippen LogP) is 2.61. The van der Waals surface area contributed by atoms with Crippen LogP contribution in [0.3, 0.4) is 0 Å². The molecule has 20 heavy (non-hydrogen) atoms. The molecule has 0 saturated carbocycles. The van der Waals surface area contributed by atoms with Crippen LogP contribution >= 0.6 is 27.3 Å². The van der Waals surface area contributed by atoms with Gasteiger partial charge in [-0.05, 0) is 51.8 Å². The number of nitrogens with one attached hydrogen (secondary N) is 2. The van der Waals surface area contributed by atoms with Crippen molar-refractivity contribution < 1.29 is 12.8 Å². The molecule has 0 spiro atoms. The Morgan fingerprint density at radius 2 is 2.10 bits per heavy atom. The topological polar surface area (TPSA) is 71.3 Å². The van der Waals surface area contributed by atoms with Gasteiger partial charge < -0.3 is 9.73 Å². The minimum atomic E-state index is -3.60. The lowest BCUT2D eigenvalue weighted by molar-refractivity contribution is 0.470. The SMILES string of the molecule is CNCc1cc(S(=O)(=O)NCc2cscc2C)c(Br)o1. The van der Waals surface area contributed by atoms with E-state index in [1.54, 1.807) is 18.4 Å². The maximum Gasteiger partial charge on any atom is 0.245 e. The van der Waals surface area contributed by atoms with Crippen molar-refractivity contribution in [1.82, 2.24) is 10.0 Å². The van der Waals surface area contributed by atoms with Crippen LogP contribution in [0.4, 0.5) is 0 Å². The fraction of sp³-hybridized carbons (Fsp3) is 0.333. The summed E-state index contributed by atoms with van der Waals surface area (Å²) in [5.41, 5.74) is 2.06. The summed E-state index contributed by atoms with van der Waals surface area (Å²) in [5.74, 6) is 0.562. The van der Waals surface area contributed by atoms with Crippen molar-refractivity contribution in [3.05, 3.63) is 38.4 Å². The van der Waals surface area contributed by atoms with Crippen LogP contribution in [0.15, 0.2) is 30.8 Å². The summed E-state index contributed by atoms with van der Waals surface area (Å²) in [6.45, 7) is 2.70. The molecule has 110 valence electrons. The molecule has 2 aromatic heterocycles. The van der Waals surface area contributed by atoms with Crippen molar-refractivity contribution in [1.29, 1.82) is 0 Å². The Morgan fingerprint density at radius 1 is 1.35 bits per heavy atom. The van der Waals surface area contributed by atoms with E-state index >= 15 is 0 Å². The summed E-state index contributed by atoms with van der Waals surface area (Å²) >= 11 is 4.70. The molecule has 0 aromatic carbocycles. The average molecular weight is 379 g/mol. The van der Waals surface area contributed by atoms with Crippen molar-refractivity contribution in [2.75, 3.05) is 7.05 Å². The Hall–Kier alpha value is -0.670. The summed E-state index contributed by atoms with van der Waals surface area (Å²) in [7, 11) is -1.83. The lowest BCUT2D eigenvalue weighted by atomic mass is 10.2. The van der Waals surface area contributed by atoms with Crippen molar-refractivity contribution in [3.8, 4) is 0 Å². The maximum atomic E-state index is 12.3. The molecule has 0 bridgehead atoms. The molecular weight excluding hydrogens is 364 g/mol. The van der Waals surface area contributed by atoms with E-state index in [1.807, 2.05) is 17.7 Å². The first-order valence-corrected chi connectivity index (χ1v) is 9.10. The molecule has 0 amide bonds. The molecule has 0 aliphatic heterocycles. The molecule has 0 radical (unpaired) electrons. The molecule has 0 atom stereocenters. The first kappa shape index (κ1) is 15.7. The number of halogens is 1. The summed E-state index contributed by atoms with van der Waals surface area (Å²) in [5, 5.41) is 6.84. The van der Waals surface area contributed by atoms with Crippen LogP contribution in [0.5, 0.6) is 0 Å². The molecule has 8 heteroatoms. The predicted molar refractivity (Wildman–Crippen MR) is 82.3 cm³/mol. The minimum Gasteiger partial charge on any atom is -0.452 e. The normalized spacial score (nSPS) is 11.9. The van der Waals surface area contributed by atoms with Crippen LogP contribution in [0.25, 0.3) is 0 Å². The highest BCUT2D eigenvalue weighted by Crippen LogP contribution is 2.26. The fourth-order valence-corrected chi connectivity index (χ4v) is 4.52. The zero-order chi connectivity index (χ0) is 14.8. The van der Waals surface area contributed by atoms with E-state index in [9.17, 15) is 8.42 Å². The molecular formula is C12H15BrN2O3S2. The van der Waals surface area contributed by atoms with Crippen LogP contribution in [-0.4, -0.2) is 15.5 Å². The summed E-state index contributed by atoms with van der Waals surface area (Å²) in [6.07, 6.45) is 0. The van der Waals surface area contributed by atoms with E-state index in [-0.39, 0.29) is 16.1 Å². The molecule has 2 N–H and O–H groups in total. The maximum absolute atomic E-state index is 12.3. The second-order valence-electron chi connectivity index (χ2n) is 4.29. The van der Waals surface area contributed by atoms with Crippen LogP contribution in [0.1, 0.15) is 16.9 Å². The molecule has 0 aliphatic carbocycles. The number of thiophene rings is 1. The average Bonchev–Trinajstić information content (AvgIpc) is 2.94. The molecule has 2 rings (SSSR count). The highest BCUT2D eigenvalue weighted by Gasteiger charge is 2.22. The van der Waals surface area contributed by atoms with Gasteiger partial charge in [-0.1, -0.05) is 0 Å². The van der Waals surface area contributed by atoms with E-state index in [0.717, 1.165) is 11.1 Å². The molecule has 0 saturated heterocycles.